The van der Waals surface area contributed by atoms with Crippen LogP contribution in [0, 0.1) is 6.92 Å². The summed E-state index contributed by atoms with van der Waals surface area (Å²) < 4.78 is 0. The van der Waals surface area contributed by atoms with Crippen molar-refractivity contribution in [3.05, 3.63) is 59.2 Å². The van der Waals surface area contributed by atoms with Gasteiger partial charge < -0.3 is 10.2 Å². The van der Waals surface area contributed by atoms with Crippen molar-refractivity contribution in [3.63, 3.8) is 0 Å². The lowest BCUT2D eigenvalue weighted by Crippen LogP contribution is -2.37. The molecule has 0 spiro atoms. The second kappa shape index (κ2) is 8.39. The first-order valence-electron chi connectivity index (χ1n) is 10.0. The van der Waals surface area contributed by atoms with Gasteiger partial charge in [-0.3, -0.25) is 9.59 Å². The molecule has 1 heterocycles. The molecule has 2 aromatic carbocycles. The van der Waals surface area contributed by atoms with Crippen LogP contribution in [-0.2, 0) is 11.3 Å². The topological polar surface area (TPSA) is 49.4 Å². The quantitative estimate of drug-likeness (QED) is 0.818. The van der Waals surface area contributed by atoms with E-state index in [-0.39, 0.29) is 17.9 Å². The van der Waals surface area contributed by atoms with Gasteiger partial charge in [0.15, 0.2) is 0 Å². The van der Waals surface area contributed by atoms with Gasteiger partial charge in [0.25, 0.3) is 5.91 Å². The molecule has 4 rings (SSSR count). The molecule has 0 bridgehead atoms. The molecule has 0 radical (unpaired) electrons. The Kier molecular flexibility index (Phi) is 5.72. The number of fused-ring (bicyclic) bond motifs is 1. The Morgan fingerprint density at radius 3 is 2.75 bits per heavy atom. The summed E-state index contributed by atoms with van der Waals surface area (Å²) in [5.41, 5.74) is 3.76. The molecule has 0 saturated heterocycles. The molecule has 0 atom stereocenters. The van der Waals surface area contributed by atoms with Crippen LogP contribution in [0.15, 0.2) is 47.4 Å². The molecule has 1 N–H and O–H groups in total. The first-order valence-corrected chi connectivity index (χ1v) is 11.0. The third kappa shape index (κ3) is 4.25. The van der Waals surface area contributed by atoms with Gasteiger partial charge in [-0.1, -0.05) is 49.1 Å². The third-order valence-electron chi connectivity index (χ3n) is 5.53. The maximum atomic E-state index is 12.8. The minimum atomic E-state index is -0.0340. The Balaban J connectivity index is 1.57. The predicted octanol–water partition coefficient (Wildman–Crippen LogP) is 4.70. The second-order valence-corrected chi connectivity index (χ2v) is 8.77. The summed E-state index contributed by atoms with van der Waals surface area (Å²) >= 11 is 1.55. The van der Waals surface area contributed by atoms with Gasteiger partial charge in [0.2, 0.25) is 5.91 Å². The number of nitrogens with zero attached hydrogens (tertiary/aromatic N) is 1. The van der Waals surface area contributed by atoms with E-state index in [4.69, 9.17) is 0 Å². The highest BCUT2D eigenvalue weighted by atomic mass is 32.2. The van der Waals surface area contributed by atoms with Crippen molar-refractivity contribution < 1.29 is 9.59 Å². The lowest BCUT2D eigenvalue weighted by molar-refractivity contribution is -0.116. The SMILES string of the molecule is Cc1cccc(CN2C(=O)CSc3ccc(C(=O)NC4CCCCC4)cc32)c1. The van der Waals surface area contributed by atoms with Crippen molar-refractivity contribution in [2.45, 2.75) is 56.5 Å². The molecule has 2 amide bonds. The first kappa shape index (κ1) is 19.1. The normalized spacial score (nSPS) is 17.3. The van der Waals surface area contributed by atoms with Crippen molar-refractivity contribution >= 4 is 29.3 Å². The Morgan fingerprint density at radius 1 is 1.14 bits per heavy atom. The fourth-order valence-corrected chi connectivity index (χ4v) is 4.94. The fourth-order valence-electron chi connectivity index (χ4n) is 4.03. The van der Waals surface area contributed by atoms with E-state index in [1.807, 2.05) is 35.2 Å². The van der Waals surface area contributed by atoms with Gasteiger partial charge in [-0.05, 0) is 43.5 Å². The number of thioether (sulfide) groups is 1. The number of nitrogens with one attached hydrogen (secondary N) is 1. The number of carbonyl (C=O) groups is 2. The summed E-state index contributed by atoms with van der Waals surface area (Å²) in [4.78, 5) is 28.3. The van der Waals surface area contributed by atoms with Gasteiger partial charge in [0.1, 0.15) is 0 Å². The molecule has 0 aromatic heterocycles. The number of hydrogen-bond acceptors (Lipinski definition) is 3. The van der Waals surface area contributed by atoms with Crippen molar-refractivity contribution in [2.24, 2.45) is 0 Å². The molecule has 1 aliphatic heterocycles. The molecule has 146 valence electrons. The number of benzene rings is 2. The van der Waals surface area contributed by atoms with Crippen LogP contribution in [-0.4, -0.2) is 23.6 Å². The standard InChI is InChI=1S/C23H26N2O2S/c1-16-6-5-7-17(12-16)14-25-20-13-18(10-11-21(20)28-15-22(25)26)23(27)24-19-8-3-2-4-9-19/h5-7,10-13,19H,2-4,8-9,14-15H2,1H3,(H,24,27). The van der Waals surface area contributed by atoms with Gasteiger partial charge in [-0.15, -0.1) is 11.8 Å². The average Bonchev–Trinajstić information content (AvgIpc) is 2.70. The summed E-state index contributed by atoms with van der Waals surface area (Å²) in [6.45, 7) is 2.58. The molecular weight excluding hydrogens is 368 g/mol. The number of amides is 2. The maximum Gasteiger partial charge on any atom is 0.251 e. The molecule has 1 fully saturated rings. The van der Waals surface area contributed by atoms with Crippen LogP contribution in [0.4, 0.5) is 5.69 Å². The number of rotatable bonds is 4. The molecular formula is C23H26N2O2S. The smallest absolute Gasteiger partial charge is 0.251 e. The molecule has 28 heavy (non-hydrogen) atoms. The van der Waals surface area contributed by atoms with Gasteiger partial charge in [-0.25, -0.2) is 0 Å². The van der Waals surface area contributed by atoms with E-state index >= 15 is 0 Å². The molecule has 5 heteroatoms. The third-order valence-corrected chi connectivity index (χ3v) is 6.58. The van der Waals surface area contributed by atoms with Crippen LogP contribution in [0.2, 0.25) is 0 Å². The monoisotopic (exact) mass is 394 g/mol. The van der Waals surface area contributed by atoms with Crippen LogP contribution in [0.25, 0.3) is 0 Å². The van der Waals surface area contributed by atoms with Gasteiger partial charge in [0.05, 0.1) is 18.0 Å². The van der Waals surface area contributed by atoms with E-state index in [0.717, 1.165) is 29.0 Å². The van der Waals surface area contributed by atoms with Gasteiger partial charge >= 0.3 is 0 Å². The molecule has 2 aromatic rings. The summed E-state index contributed by atoms with van der Waals surface area (Å²) in [6, 6.07) is 14.2. The molecule has 2 aliphatic rings. The lowest BCUT2D eigenvalue weighted by Gasteiger charge is -2.30. The van der Waals surface area contributed by atoms with Crippen LogP contribution >= 0.6 is 11.8 Å². The van der Waals surface area contributed by atoms with Gasteiger partial charge in [-0.2, -0.15) is 0 Å². The number of aryl methyl sites for hydroxylation is 1. The van der Waals surface area contributed by atoms with Crippen molar-refractivity contribution in [1.82, 2.24) is 5.32 Å². The van der Waals surface area contributed by atoms with Crippen LogP contribution in [0.3, 0.4) is 0 Å². The van der Waals surface area contributed by atoms with E-state index < -0.39 is 0 Å². The molecule has 1 saturated carbocycles. The van der Waals surface area contributed by atoms with E-state index in [1.54, 1.807) is 11.8 Å². The van der Waals surface area contributed by atoms with Crippen molar-refractivity contribution in [3.8, 4) is 0 Å². The Hall–Kier alpha value is -2.27. The summed E-state index contributed by atoms with van der Waals surface area (Å²) in [7, 11) is 0. The van der Waals surface area contributed by atoms with E-state index in [9.17, 15) is 9.59 Å². The number of carbonyl (C=O) groups excluding carboxylic acids is 2. The van der Waals surface area contributed by atoms with E-state index in [1.165, 1.54) is 24.8 Å². The summed E-state index contributed by atoms with van der Waals surface area (Å²) in [5, 5.41) is 3.18. The number of hydrogen-bond donors (Lipinski definition) is 1. The van der Waals surface area contributed by atoms with Gasteiger partial charge in [0, 0.05) is 16.5 Å². The van der Waals surface area contributed by atoms with Crippen molar-refractivity contribution in [1.29, 1.82) is 0 Å². The predicted molar refractivity (Wildman–Crippen MR) is 114 cm³/mol. The highest BCUT2D eigenvalue weighted by molar-refractivity contribution is 8.00. The van der Waals surface area contributed by atoms with Crippen LogP contribution in [0.5, 0.6) is 0 Å². The highest BCUT2D eigenvalue weighted by Gasteiger charge is 2.26. The largest absolute Gasteiger partial charge is 0.349 e. The highest BCUT2D eigenvalue weighted by Crippen LogP contribution is 2.37. The molecule has 0 unspecified atom stereocenters. The summed E-state index contributed by atoms with van der Waals surface area (Å²) in [5.74, 6) is 0.490. The van der Waals surface area contributed by atoms with Crippen LogP contribution < -0.4 is 10.2 Å². The zero-order valence-electron chi connectivity index (χ0n) is 16.2. The minimum absolute atomic E-state index is 0.0340. The Morgan fingerprint density at radius 2 is 1.96 bits per heavy atom. The first-order chi connectivity index (χ1) is 13.6. The number of anilines is 1. The fraction of sp³-hybridized carbons (Fsp3) is 0.391. The summed E-state index contributed by atoms with van der Waals surface area (Å²) in [6.07, 6.45) is 5.75. The minimum Gasteiger partial charge on any atom is -0.349 e. The Bertz CT molecular complexity index is 890. The average molecular weight is 395 g/mol. The Labute approximate surface area is 170 Å². The zero-order valence-corrected chi connectivity index (χ0v) is 17.1. The second-order valence-electron chi connectivity index (χ2n) is 7.75. The molecule has 4 nitrogen and oxygen atoms in total. The van der Waals surface area contributed by atoms with E-state index in [2.05, 4.69) is 24.4 Å². The lowest BCUT2D eigenvalue weighted by atomic mass is 9.95. The zero-order chi connectivity index (χ0) is 19.5. The molecule has 1 aliphatic carbocycles. The van der Waals surface area contributed by atoms with E-state index in [0.29, 0.717) is 17.9 Å². The van der Waals surface area contributed by atoms with Crippen LogP contribution in [0.1, 0.15) is 53.6 Å². The maximum absolute atomic E-state index is 12.8. The van der Waals surface area contributed by atoms with Crippen molar-refractivity contribution in [2.75, 3.05) is 10.7 Å².